The number of ether oxygens (including phenoxy) is 1. The lowest BCUT2D eigenvalue weighted by Crippen LogP contribution is -2.49. The quantitative estimate of drug-likeness (QED) is 0.267. The fourth-order valence-electron chi connectivity index (χ4n) is 4.55. The number of carbonyl (C=O) groups excluding carboxylic acids is 1. The fraction of sp³-hybridized carbons (Fsp3) is 0.370. The molecule has 0 aliphatic carbocycles. The molecule has 0 bridgehead atoms. The van der Waals surface area contributed by atoms with Crippen LogP contribution in [-0.4, -0.2) is 73.3 Å². The van der Waals surface area contributed by atoms with E-state index in [-0.39, 0.29) is 5.91 Å². The van der Waals surface area contributed by atoms with Gasteiger partial charge in [0.25, 0.3) is 5.91 Å². The Kier molecular flexibility index (Phi) is 7.94. The maximum absolute atomic E-state index is 13.1. The Morgan fingerprint density at radius 1 is 0.944 bits per heavy atom. The van der Waals surface area contributed by atoms with E-state index in [0.29, 0.717) is 29.3 Å². The van der Waals surface area contributed by atoms with Crippen LogP contribution in [0.25, 0.3) is 0 Å². The molecule has 7 nitrogen and oxygen atoms in total. The van der Waals surface area contributed by atoms with Gasteiger partial charge in [0.15, 0.2) is 5.16 Å². The lowest BCUT2D eigenvalue weighted by molar-refractivity contribution is 0.0747. The highest BCUT2D eigenvalue weighted by Crippen LogP contribution is 2.26. The van der Waals surface area contributed by atoms with Gasteiger partial charge in [-0.05, 0) is 36.2 Å². The normalized spacial score (nSPS) is 16.3. The number of piperazine rings is 1. The van der Waals surface area contributed by atoms with Gasteiger partial charge in [0.1, 0.15) is 11.0 Å². The minimum Gasteiger partial charge on any atom is -0.378 e. The molecule has 0 atom stereocenters. The van der Waals surface area contributed by atoms with Crippen molar-refractivity contribution >= 4 is 40.8 Å². The van der Waals surface area contributed by atoms with Crippen molar-refractivity contribution < 1.29 is 9.53 Å². The predicted molar refractivity (Wildman–Crippen MR) is 145 cm³/mol. The van der Waals surface area contributed by atoms with Crippen LogP contribution in [0.5, 0.6) is 0 Å². The first kappa shape index (κ1) is 24.9. The molecule has 188 valence electrons. The number of benzene rings is 2. The van der Waals surface area contributed by atoms with Crippen molar-refractivity contribution in [2.45, 2.75) is 17.8 Å². The van der Waals surface area contributed by atoms with Crippen LogP contribution in [-0.2, 0) is 10.5 Å². The number of hydrogen-bond donors (Lipinski definition) is 0. The Morgan fingerprint density at radius 2 is 1.67 bits per heavy atom. The van der Waals surface area contributed by atoms with E-state index in [1.54, 1.807) is 17.8 Å². The van der Waals surface area contributed by atoms with Crippen LogP contribution in [0.4, 0.5) is 11.5 Å². The highest BCUT2D eigenvalue weighted by Gasteiger charge is 2.23. The monoisotopic (exact) mass is 523 g/mol. The summed E-state index contributed by atoms with van der Waals surface area (Å²) in [5.74, 6) is 1.63. The first-order valence-electron chi connectivity index (χ1n) is 12.3. The molecule has 0 spiro atoms. The fourth-order valence-corrected chi connectivity index (χ4v) is 5.58. The summed E-state index contributed by atoms with van der Waals surface area (Å²) in [5, 5.41) is 1.09. The molecule has 0 unspecified atom stereocenters. The molecule has 1 amide bonds. The molecule has 0 saturated carbocycles. The molecule has 0 radical (unpaired) electrons. The van der Waals surface area contributed by atoms with Crippen molar-refractivity contribution in [1.29, 1.82) is 0 Å². The summed E-state index contributed by atoms with van der Waals surface area (Å²) in [7, 11) is 0. The lowest BCUT2D eigenvalue weighted by atomic mass is 10.1. The minimum absolute atomic E-state index is 0.0898. The van der Waals surface area contributed by atoms with E-state index in [2.05, 4.69) is 51.0 Å². The lowest BCUT2D eigenvalue weighted by Gasteiger charge is -2.36. The van der Waals surface area contributed by atoms with Crippen LogP contribution >= 0.6 is 23.4 Å². The van der Waals surface area contributed by atoms with Crippen molar-refractivity contribution in [3.05, 3.63) is 76.4 Å². The topological polar surface area (TPSA) is 61.8 Å². The number of nitrogens with zero attached hydrogens (tertiary/aromatic N) is 5. The summed E-state index contributed by atoms with van der Waals surface area (Å²) < 4.78 is 5.43. The summed E-state index contributed by atoms with van der Waals surface area (Å²) in [6.07, 6.45) is 0. The summed E-state index contributed by atoms with van der Waals surface area (Å²) >= 11 is 7.81. The largest absolute Gasteiger partial charge is 0.378 e. The van der Waals surface area contributed by atoms with Gasteiger partial charge >= 0.3 is 0 Å². The van der Waals surface area contributed by atoms with E-state index in [1.165, 1.54) is 11.3 Å². The van der Waals surface area contributed by atoms with Crippen molar-refractivity contribution in [2.75, 3.05) is 62.3 Å². The second kappa shape index (κ2) is 11.5. The minimum atomic E-state index is 0.0898. The molecule has 2 fully saturated rings. The number of carbonyl (C=O) groups is 1. The van der Waals surface area contributed by atoms with Crippen LogP contribution in [0.1, 0.15) is 21.5 Å². The summed E-state index contributed by atoms with van der Waals surface area (Å²) in [5.41, 5.74) is 4.36. The van der Waals surface area contributed by atoms with Gasteiger partial charge in [-0.15, -0.1) is 0 Å². The number of anilines is 2. The Bertz CT molecular complexity index is 1200. The second-order valence-corrected chi connectivity index (χ2v) is 10.3. The molecule has 2 aromatic carbocycles. The summed E-state index contributed by atoms with van der Waals surface area (Å²) in [6.45, 7) is 8.25. The van der Waals surface area contributed by atoms with Crippen LogP contribution in [0.3, 0.4) is 0 Å². The van der Waals surface area contributed by atoms with Crippen LogP contribution in [0.15, 0.2) is 59.8 Å². The highest BCUT2D eigenvalue weighted by molar-refractivity contribution is 7.98. The Balaban J connectivity index is 1.16. The third kappa shape index (κ3) is 5.94. The van der Waals surface area contributed by atoms with Gasteiger partial charge in [-0.25, -0.2) is 9.97 Å². The van der Waals surface area contributed by atoms with E-state index in [1.807, 2.05) is 29.2 Å². The zero-order chi connectivity index (χ0) is 24.9. The third-order valence-corrected chi connectivity index (χ3v) is 7.70. The van der Waals surface area contributed by atoms with Gasteiger partial charge < -0.3 is 19.4 Å². The average Bonchev–Trinajstić information content (AvgIpc) is 2.92. The molecule has 36 heavy (non-hydrogen) atoms. The van der Waals surface area contributed by atoms with Crippen molar-refractivity contribution in [3.8, 4) is 0 Å². The number of halogens is 1. The van der Waals surface area contributed by atoms with E-state index in [0.717, 1.165) is 56.2 Å². The summed E-state index contributed by atoms with van der Waals surface area (Å²) in [6, 6.07) is 18.1. The zero-order valence-electron chi connectivity index (χ0n) is 20.4. The van der Waals surface area contributed by atoms with E-state index in [4.69, 9.17) is 16.3 Å². The molecule has 9 heteroatoms. The number of aromatic nitrogens is 2. The number of hydrogen-bond acceptors (Lipinski definition) is 7. The molecule has 2 saturated heterocycles. The molecular weight excluding hydrogens is 494 g/mol. The van der Waals surface area contributed by atoms with E-state index in [9.17, 15) is 4.79 Å². The van der Waals surface area contributed by atoms with Crippen LogP contribution in [0, 0.1) is 6.92 Å². The number of aryl methyl sites for hydroxylation is 1. The first-order valence-corrected chi connectivity index (χ1v) is 13.6. The molecule has 3 heterocycles. The van der Waals surface area contributed by atoms with Crippen molar-refractivity contribution in [3.63, 3.8) is 0 Å². The smallest absolute Gasteiger partial charge is 0.253 e. The maximum Gasteiger partial charge on any atom is 0.253 e. The second-order valence-electron chi connectivity index (χ2n) is 8.98. The first-order chi connectivity index (χ1) is 17.6. The predicted octanol–water partition coefficient (Wildman–Crippen LogP) is 4.53. The van der Waals surface area contributed by atoms with Gasteiger partial charge in [-0.1, -0.05) is 53.7 Å². The molecule has 5 rings (SSSR count). The van der Waals surface area contributed by atoms with Gasteiger partial charge in [-0.2, -0.15) is 0 Å². The van der Waals surface area contributed by atoms with E-state index < -0.39 is 0 Å². The maximum atomic E-state index is 13.1. The van der Waals surface area contributed by atoms with Crippen LogP contribution in [0.2, 0.25) is 5.15 Å². The molecule has 1 aromatic heterocycles. The average molecular weight is 524 g/mol. The van der Waals surface area contributed by atoms with Gasteiger partial charge in [0, 0.05) is 62.3 Å². The number of morpholine rings is 1. The Labute approximate surface area is 221 Å². The van der Waals surface area contributed by atoms with Gasteiger partial charge in [-0.3, -0.25) is 4.79 Å². The number of amides is 1. The molecule has 3 aromatic rings. The standard InChI is InChI=1S/C27H30ClN5O2S/c1-20-4-2-3-5-23(20)31-10-12-33(13-11-31)26(34)22-8-6-21(7-9-22)19-36-27-29-24(28)18-25(30-27)32-14-16-35-17-15-32/h2-9,18H,10-17,19H2,1H3. The Morgan fingerprint density at radius 3 is 2.39 bits per heavy atom. The summed E-state index contributed by atoms with van der Waals surface area (Å²) in [4.78, 5) is 28.6. The van der Waals surface area contributed by atoms with Gasteiger partial charge in [0.05, 0.1) is 13.2 Å². The van der Waals surface area contributed by atoms with Crippen molar-refractivity contribution in [2.24, 2.45) is 0 Å². The van der Waals surface area contributed by atoms with Gasteiger partial charge in [0.2, 0.25) is 0 Å². The third-order valence-electron chi connectivity index (χ3n) is 6.59. The molecule has 2 aliphatic heterocycles. The van der Waals surface area contributed by atoms with Crippen molar-refractivity contribution in [1.82, 2.24) is 14.9 Å². The number of rotatable bonds is 6. The molecule has 0 N–H and O–H groups in total. The SMILES string of the molecule is Cc1ccccc1N1CCN(C(=O)c2ccc(CSc3nc(Cl)cc(N4CCOCC4)n3)cc2)CC1. The molecule has 2 aliphatic rings. The number of para-hydroxylation sites is 1. The zero-order valence-corrected chi connectivity index (χ0v) is 22.0. The molecular formula is C27H30ClN5O2S. The highest BCUT2D eigenvalue weighted by atomic mass is 35.5. The van der Waals surface area contributed by atoms with Crippen LogP contribution < -0.4 is 9.80 Å². The Hall–Kier alpha value is -2.81. The number of thioether (sulfide) groups is 1. The van der Waals surface area contributed by atoms with E-state index >= 15 is 0 Å².